The van der Waals surface area contributed by atoms with Crippen LogP contribution in [0.1, 0.15) is 16.9 Å². The zero-order chi connectivity index (χ0) is 14.5. The number of halogens is 1. The fourth-order valence-electron chi connectivity index (χ4n) is 1.64. The highest BCUT2D eigenvalue weighted by atomic mass is 35.5. The first-order valence-electron chi connectivity index (χ1n) is 5.95. The number of hydrogen-bond donors (Lipinski definition) is 0. The Hall–Kier alpha value is -1.90. The van der Waals surface area contributed by atoms with Crippen molar-refractivity contribution in [2.24, 2.45) is 0 Å². The molecule has 102 valence electrons. The Bertz CT molecular complexity index is 662. The molecule has 0 atom stereocenters. The van der Waals surface area contributed by atoms with E-state index in [1.165, 1.54) is 16.2 Å². The van der Waals surface area contributed by atoms with Gasteiger partial charge in [-0.1, -0.05) is 23.7 Å². The van der Waals surface area contributed by atoms with E-state index in [1.807, 2.05) is 24.3 Å². The normalized spacial score (nSPS) is 10.1. The number of hydrogen-bond acceptors (Lipinski definition) is 4. The van der Waals surface area contributed by atoms with Gasteiger partial charge in [-0.25, -0.2) is 4.98 Å². The average molecular weight is 306 g/mol. The molecule has 20 heavy (non-hydrogen) atoms. The van der Waals surface area contributed by atoms with E-state index in [4.69, 9.17) is 16.9 Å². The Balaban J connectivity index is 2.17. The molecule has 0 bridgehead atoms. The summed E-state index contributed by atoms with van der Waals surface area (Å²) in [5, 5.41) is 11.6. The first-order valence-corrected chi connectivity index (χ1v) is 7.21. The maximum Gasteiger partial charge on any atom is 0.273 e. The lowest BCUT2D eigenvalue weighted by atomic mass is 10.2. The lowest BCUT2D eigenvalue weighted by Crippen LogP contribution is -2.27. The zero-order valence-corrected chi connectivity index (χ0v) is 12.4. The average Bonchev–Trinajstić information content (AvgIpc) is 2.93. The van der Waals surface area contributed by atoms with Crippen LogP contribution in [-0.2, 0) is 0 Å². The van der Waals surface area contributed by atoms with Gasteiger partial charge >= 0.3 is 0 Å². The molecule has 2 rings (SSSR count). The number of nitrogens with zero attached hydrogens (tertiary/aromatic N) is 3. The number of benzene rings is 1. The number of rotatable bonds is 4. The van der Waals surface area contributed by atoms with Crippen molar-refractivity contribution in [3.63, 3.8) is 0 Å². The van der Waals surface area contributed by atoms with Gasteiger partial charge in [0.05, 0.1) is 12.5 Å². The Morgan fingerprint density at radius 2 is 2.35 bits per heavy atom. The van der Waals surface area contributed by atoms with Gasteiger partial charge in [0.25, 0.3) is 5.91 Å². The second kappa shape index (κ2) is 6.51. The minimum atomic E-state index is -0.176. The molecule has 0 radical (unpaired) electrons. The van der Waals surface area contributed by atoms with Crippen molar-refractivity contribution in [1.29, 1.82) is 5.26 Å². The first kappa shape index (κ1) is 14.5. The molecule has 4 nitrogen and oxygen atoms in total. The van der Waals surface area contributed by atoms with Gasteiger partial charge in [0.1, 0.15) is 10.7 Å². The minimum Gasteiger partial charge on any atom is -0.339 e. The molecule has 0 aliphatic carbocycles. The quantitative estimate of drug-likeness (QED) is 0.869. The van der Waals surface area contributed by atoms with Crippen molar-refractivity contribution in [1.82, 2.24) is 9.88 Å². The topological polar surface area (TPSA) is 57.0 Å². The van der Waals surface area contributed by atoms with E-state index in [9.17, 15) is 4.79 Å². The summed E-state index contributed by atoms with van der Waals surface area (Å²) in [5.74, 6) is -0.176. The minimum absolute atomic E-state index is 0.176. The lowest BCUT2D eigenvalue weighted by molar-refractivity contribution is 0.0793. The molecule has 2 aromatic rings. The van der Waals surface area contributed by atoms with Crippen molar-refractivity contribution < 1.29 is 4.79 Å². The summed E-state index contributed by atoms with van der Waals surface area (Å²) in [6, 6.07) is 9.37. The summed E-state index contributed by atoms with van der Waals surface area (Å²) in [5.41, 5.74) is 1.28. The predicted molar refractivity (Wildman–Crippen MR) is 79.8 cm³/mol. The summed E-state index contributed by atoms with van der Waals surface area (Å²) in [7, 11) is 1.66. The number of carbonyl (C=O) groups is 1. The lowest BCUT2D eigenvalue weighted by Gasteiger charge is -2.13. The number of amides is 1. The molecular weight excluding hydrogens is 294 g/mol. The van der Waals surface area contributed by atoms with Gasteiger partial charge in [-0.2, -0.15) is 5.26 Å². The Labute approximate surface area is 126 Å². The van der Waals surface area contributed by atoms with E-state index >= 15 is 0 Å². The fourth-order valence-corrected chi connectivity index (χ4v) is 2.62. The van der Waals surface area contributed by atoms with Gasteiger partial charge in [0.15, 0.2) is 0 Å². The van der Waals surface area contributed by atoms with Crippen LogP contribution in [0.4, 0.5) is 0 Å². The highest BCUT2D eigenvalue weighted by Crippen LogP contribution is 2.26. The summed E-state index contributed by atoms with van der Waals surface area (Å²) in [6.45, 7) is 0.402. The largest absolute Gasteiger partial charge is 0.339 e. The SMILES string of the molecule is CN(CCC#N)C(=O)c1csc(-c2cccc(Cl)c2)n1. The van der Waals surface area contributed by atoms with Gasteiger partial charge < -0.3 is 4.90 Å². The van der Waals surface area contributed by atoms with Crippen molar-refractivity contribution >= 4 is 28.8 Å². The Morgan fingerprint density at radius 3 is 3.05 bits per heavy atom. The third-order valence-corrected chi connectivity index (χ3v) is 3.83. The van der Waals surface area contributed by atoms with Crippen LogP contribution in [0.15, 0.2) is 29.6 Å². The molecule has 0 aliphatic rings. The van der Waals surface area contributed by atoms with Crippen molar-refractivity contribution in [2.45, 2.75) is 6.42 Å². The summed E-state index contributed by atoms with van der Waals surface area (Å²) < 4.78 is 0. The van der Waals surface area contributed by atoms with Gasteiger partial charge in [0.2, 0.25) is 0 Å². The summed E-state index contributed by atoms with van der Waals surface area (Å²) in [4.78, 5) is 17.9. The molecule has 0 aliphatic heterocycles. The van der Waals surface area contributed by atoms with Gasteiger partial charge in [-0.3, -0.25) is 4.79 Å². The Morgan fingerprint density at radius 1 is 1.55 bits per heavy atom. The molecule has 0 fully saturated rings. The monoisotopic (exact) mass is 305 g/mol. The molecule has 1 heterocycles. The van der Waals surface area contributed by atoms with Gasteiger partial charge in [-0.15, -0.1) is 11.3 Å². The van der Waals surface area contributed by atoms with Crippen LogP contribution < -0.4 is 0 Å². The molecule has 1 amide bonds. The standard InChI is InChI=1S/C14H12ClN3OS/c1-18(7-3-6-16)14(19)12-9-20-13(17-12)10-4-2-5-11(15)8-10/h2,4-5,8-9H,3,7H2,1H3. The maximum absolute atomic E-state index is 12.1. The van der Waals surface area contributed by atoms with Crippen LogP contribution in [0.2, 0.25) is 5.02 Å². The van der Waals surface area contributed by atoms with Crippen molar-refractivity contribution in [2.75, 3.05) is 13.6 Å². The van der Waals surface area contributed by atoms with Crippen LogP contribution in [0.3, 0.4) is 0 Å². The van der Waals surface area contributed by atoms with Crippen LogP contribution in [-0.4, -0.2) is 29.4 Å². The molecule has 0 N–H and O–H groups in total. The van der Waals surface area contributed by atoms with Gasteiger partial charge in [-0.05, 0) is 12.1 Å². The molecule has 0 saturated heterocycles. The van der Waals surface area contributed by atoms with E-state index in [0.717, 1.165) is 10.6 Å². The highest BCUT2D eigenvalue weighted by Gasteiger charge is 2.15. The number of thiazole rings is 1. The molecule has 1 aromatic carbocycles. The molecule has 0 saturated carbocycles. The molecular formula is C14H12ClN3OS. The van der Waals surface area contributed by atoms with Crippen LogP contribution in [0.5, 0.6) is 0 Å². The summed E-state index contributed by atoms with van der Waals surface area (Å²) in [6.07, 6.45) is 0.313. The third kappa shape index (κ3) is 3.35. The molecule has 1 aromatic heterocycles. The predicted octanol–water partition coefficient (Wildman–Crippen LogP) is 3.45. The second-order valence-corrected chi connectivity index (χ2v) is 5.48. The molecule has 0 unspecified atom stereocenters. The van der Waals surface area contributed by atoms with Crippen LogP contribution in [0, 0.1) is 11.3 Å². The van der Waals surface area contributed by atoms with E-state index in [2.05, 4.69) is 4.98 Å². The van der Waals surface area contributed by atoms with E-state index in [-0.39, 0.29) is 5.91 Å². The van der Waals surface area contributed by atoms with Gasteiger partial charge in [0, 0.05) is 29.6 Å². The van der Waals surface area contributed by atoms with E-state index in [0.29, 0.717) is 23.7 Å². The number of nitriles is 1. The smallest absolute Gasteiger partial charge is 0.273 e. The molecule has 6 heteroatoms. The van der Waals surface area contributed by atoms with Crippen molar-refractivity contribution in [3.8, 4) is 16.6 Å². The van der Waals surface area contributed by atoms with E-state index < -0.39 is 0 Å². The number of carbonyl (C=O) groups excluding carboxylic acids is 1. The van der Waals surface area contributed by atoms with Crippen LogP contribution >= 0.6 is 22.9 Å². The van der Waals surface area contributed by atoms with Crippen molar-refractivity contribution in [3.05, 3.63) is 40.4 Å². The van der Waals surface area contributed by atoms with E-state index in [1.54, 1.807) is 18.5 Å². The molecule has 0 spiro atoms. The first-order chi connectivity index (χ1) is 9.61. The third-order valence-electron chi connectivity index (χ3n) is 2.70. The number of aromatic nitrogens is 1. The highest BCUT2D eigenvalue weighted by molar-refractivity contribution is 7.13. The second-order valence-electron chi connectivity index (χ2n) is 4.18. The fraction of sp³-hybridized carbons (Fsp3) is 0.214. The summed E-state index contributed by atoms with van der Waals surface area (Å²) >= 11 is 7.34. The van der Waals surface area contributed by atoms with Crippen LogP contribution in [0.25, 0.3) is 10.6 Å². The zero-order valence-electron chi connectivity index (χ0n) is 10.8. The Kier molecular flexibility index (Phi) is 4.72. The maximum atomic E-state index is 12.1.